The first-order valence-electron chi connectivity index (χ1n) is 7.42. The first-order chi connectivity index (χ1) is 10.3. The molecule has 0 N–H and O–H groups in total. The van der Waals surface area contributed by atoms with Crippen LogP contribution in [0, 0.1) is 5.92 Å². The van der Waals surface area contributed by atoms with Crippen LogP contribution in [0.1, 0.15) is 19.2 Å². The number of fused-ring (bicyclic) bond motifs is 1. The van der Waals surface area contributed by atoms with Gasteiger partial charge in [-0.05, 0) is 19.3 Å². The molecule has 3 rings (SSSR count). The van der Waals surface area contributed by atoms with Crippen molar-refractivity contribution in [1.82, 2.24) is 19.5 Å². The van der Waals surface area contributed by atoms with Crippen LogP contribution in [0.2, 0.25) is 0 Å². The van der Waals surface area contributed by atoms with E-state index in [-0.39, 0.29) is 0 Å². The molecular weight excluding hydrogens is 266 g/mol. The fourth-order valence-corrected chi connectivity index (χ4v) is 2.83. The fourth-order valence-electron chi connectivity index (χ4n) is 2.83. The normalized spacial score (nSPS) is 17.3. The van der Waals surface area contributed by atoms with Gasteiger partial charge in [-0.1, -0.05) is 0 Å². The number of aromatic nitrogens is 4. The Hall–Kier alpha value is -2.11. The molecule has 0 fully saturated rings. The summed E-state index contributed by atoms with van der Waals surface area (Å²) in [5.41, 5.74) is 0. The molecule has 1 atom stereocenters. The van der Waals surface area contributed by atoms with Crippen LogP contribution in [0.5, 0.6) is 5.88 Å². The van der Waals surface area contributed by atoms with Crippen molar-refractivity contribution in [3.05, 3.63) is 30.6 Å². The van der Waals surface area contributed by atoms with Gasteiger partial charge in [0.05, 0.1) is 6.61 Å². The summed E-state index contributed by atoms with van der Waals surface area (Å²) in [6.07, 6.45) is 7.75. The number of hydrogen-bond acceptors (Lipinski definition) is 5. The van der Waals surface area contributed by atoms with E-state index >= 15 is 0 Å². The average Bonchev–Trinajstić information content (AvgIpc) is 2.95. The summed E-state index contributed by atoms with van der Waals surface area (Å²) in [5.74, 6) is 3.36. The second-order valence-corrected chi connectivity index (χ2v) is 5.43. The number of hydrogen-bond donors (Lipinski definition) is 0. The molecule has 0 aliphatic carbocycles. The molecule has 3 heterocycles. The van der Waals surface area contributed by atoms with Gasteiger partial charge in [0.15, 0.2) is 0 Å². The minimum Gasteiger partial charge on any atom is -0.478 e. The predicted octanol–water partition coefficient (Wildman–Crippen LogP) is 1.77. The number of nitrogens with zero attached hydrogens (tertiary/aromatic N) is 5. The Morgan fingerprint density at radius 1 is 1.38 bits per heavy atom. The zero-order valence-electron chi connectivity index (χ0n) is 12.6. The zero-order chi connectivity index (χ0) is 14.7. The lowest BCUT2D eigenvalue weighted by Gasteiger charge is -2.28. The molecular formula is C15H21N5O. The highest BCUT2D eigenvalue weighted by molar-refractivity contribution is 5.39. The highest BCUT2D eigenvalue weighted by atomic mass is 16.5. The Morgan fingerprint density at radius 2 is 2.29 bits per heavy atom. The summed E-state index contributed by atoms with van der Waals surface area (Å²) in [5, 5.41) is 0. The van der Waals surface area contributed by atoms with Crippen molar-refractivity contribution in [2.45, 2.75) is 26.3 Å². The Balaban J connectivity index is 1.64. The maximum atomic E-state index is 5.43. The Bertz CT molecular complexity index is 597. The van der Waals surface area contributed by atoms with Crippen LogP contribution in [0.15, 0.2) is 24.8 Å². The van der Waals surface area contributed by atoms with Gasteiger partial charge in [0, 0.05) is 45.0 Å². The number of anilines is 1. The summed E-state index contributed by atoms with van der Waals surface area (Å²) in [4.78, 5) is 15.0. The van der Waals surface area contributed by atoms with Gasteiger partial charge in [-0.2, -0.15) is 0 Å². The lowest BCUT2D eigenvalue weighted by Crippen LogP contribution is -2.32. The molecule has 0 amide bonds. The maximum Gasteiger partial charge on any atom is 0.218 e. The molecule has 0 bridgehead atoms. The summed E-state index contributed by atoms with van der Waals surface area (Å²) in [6.45, 7) is 4.58. The van der Waals surface area contributed by atoms with Gasteiger partial charge in [0.25, 0.3) is 0 Å². The van der Waals surface area contributed by atoms with Crippen LogP contribution < -0.4 is 9.64 Å². The van der Waals surface area contributed by atoms with E-state index in [9.17, 15) is 0 Å². The Labute approximate surface area is 124 Å². The molecule has 112 valence electrons. The van der Waals surface area contributed by atoms with Gasteiger partial charge in [-0.25, -0.2) is 15.0 Å². The summed E-state index contributed by atoms with van der Waals surface area (Å²) < 4.78 is 7.69. The lowest BCUT2D eigenvalue weighted by atomic mass is 9.99. The predicted molar refractivity (Wildman–Crippen MR) is 80.5 cm³/mol. The fraction of sp³-hybridized carbons (Fsp3) is 0.533. The number of aryl methyl sites for hydroxylation is 1. The average molecular weight is 287 g/mol. The van der Waals surface area contributed by atoms with Gasteiger partial charge in [-0.15, -0.1) is 0 Å². The van der Waals surface area contributed by atoms with E-state index in [1.807, 2.05) is 19.2 Å². The molecule has 0 saturated carbocycles. The van der Waals surface area contributed by atoms with Crippen LogP contribution in [-0.4, -0.2) is 39.7 Å². The van der Waals surface area contributed by atoms with Crippen molar-refractivity contribution < 1.29 is 4.74 Å². The third-order valence-corrected chi connectivity index (χ3v) is 3.88. The molecule has 2 aromatic heterocycles. The van der Waals surface area contributed by atoms with Crippen LogP contribution >= 0.6 is 0 Å². The second kappa shape index (κ2) is 6.11. The van der Waals surface area contributed by atoms with Crippen molar-refractivity contribution in [3.8, 4) is 5.88 Å². The van der Waals surface area contributed by atoms with Crippen LogP contribution in [0.4, 0.5) is 5.82 Å². The molecule has 0 spiro atoms. The second-order valence-electron chi connectivity index (χ2n) is 5.43. The number of imidazole rings is 1. The first kappa shape index (κ1) is 13.9. The van der Waals surface area contributed by atoms with Crippen molar-refractivity contribution in [2.24, 2.45) is 5.92 Å². The van der Waals surface area contributed by atoms with E-state index in [0.29, 0.717) is 18.4 Å². The maximum absolute atomic E-state index is 5.43. The van der Waals surface area contributed by atoms with Crippen molar-refractivity contribution in [2.75, 3.05) is 25.1 Å². The van der Waals surface area contributed by atoms with Gasteiger partial charge in [0.1, 0.15) is 18.0 Å². The van der Waals surface area contributed by atoms with E-state index < -0.39 is 0 Å². The quantitative estimate of drug-likeness (QED) is 0.839. The van der Waals surface area contributed by atoms with Gasteiger partial charge >= 0.3 is 0 Å². The molecule has 21 heavy (non-hydrogen) atoms. The van der Waals surface area contributed by atoms with E-state index in [1.165, 1.54) is 12.2 Å². The number of rotatable bonds is 5. The Kier molecular flexibility index (Phi) is 4.03. The molecule has 1 aliphatic heterocycles. The zero-order valence-corrected chi connectivity index (χ0v) is 12.6. The van der Waals surface area contributed by atoms with E-state index in [0.717, 1.165) is 25.3 Å². The molecule has 2 aromatic rings. The smallest absolute Gasteiger partial charge is 0.218 e. The van der Waals surface area contributed by atoms with Crippen molar-refractivity contribution >= 4 is 5.82 Å². The van der Waals surface area contributed by atoms with Crippen LogP contribution in [0.25, 0.3) is 0 Å². The van der Waals surface area contributed by atoms with Gasteiger partial charge in [0.2, 0.25) is 5.88 Å². The van der Waals surface area contributed by atoms with Gasteiger partial charge in [-0.3, -0.25) is 0 Å². The topological polar surface area (TPSA) is 56.1 Å². The minimum absolute atomic E-state index is 0.613. The number of ether oxygens (including phenoxy) is 1. The standard InChI is InChI=1S/C15H21N5O/c1-3-21-15-8-14(17-11-18-15)19(2)9-12-4-5-13-16-6-7-20(13)10-12/h6-8,11-12H,3-5,9-10H2,1-2H3. The third-order valence-electron chi connectivity index (χ3n) is 3.88. The molecule has 0 radical (unpaired) electrons. The van der Waals surface area contributed by atoms with E-state index in [1.54, 1.807) is 6.33 Å². The molecule has 0 saturated heterocycles. The SMILES string of the molecule is CCOc1cc(N(C)CC2CCc3nccn3C2)ncn1. The van der Waals surface area contributed by atoms with E-state index in [4.69, 9.17) is 4.74 Å². The molecule has 6 nitrogen and oxygen atoms in total. The largest absolute Gasteiger partial charge is 0.478 e. The lowest BCUT2D eigenvalue weighted by molar-refractivity contribution is 0.326. The highest BCUT2D eigenvalue weighted by Crippen LogP contribution is 2.22. The molecule has 1 unspecified atom stereocenters. The van der Waals surface area contributed by atoms with Gasteiger partial charge < -0.3 is 14.2 Å². The Morgan fingerprint density at radius 3 is 3.14 bits per heavy atom. The van der Waals surface area contributed by atoms with Crippen LogP contribution in [0.3, 0.4) is 0 Å². The monoisotopic (exact) mass is 287 g/mol. The molecule has 6 heteroatoms. The van der Waals surface area contributed by atoms with Crippen LogP contribution in [-0.2, 0) is 13.0 Å². The first-order valence-corrected chi connectivity index (χ1v) is 7.42. The van der Waals surface area contributed by atoms with Crippen molar-refractivity contribution in [1.29, 1.82) is 0 Å². The molecule has 1 aliphatic rings. The van der Waals surface area contributed by atoms with Crippen molar-refractivity contribution in [3.63, 3.8) is 0 Å². The summed E-state index contributed by atoms with van der Waals surface area (Å²) in [6, 6.07) is 1.90. The molecule has 0 aromatic carbocycles. The third kappa shape index (κ3) is 3.15. The highest BCUT2D eigenvalue weighted by Gasteiger charge is 2.20. The minimum atomic E-state index is 0.613. The summed E-state index contributed by atoms with van der Waals surface area (Å²) >= 11 is 0. The summed E-state index contributed by atoms with van der Waals surface area (Å²) in [7, 11) is 2.07. The van der Waals surface area contributed by atoms with E-state index in [2.05, 4.69) is 37.7 Å².